The Morgan fingerprint density at radius 2 is 2.00 bits per heavy atom. The van der Waals surface area contributed by atoms with Crippen molar-refractivity contribution >= 4 is 11.9 Å². The molecule has 0 radical (unpaired) electrons. The number of rotatable bonds is 8. The van der Waals surface area contributed by atoms with Gasteiger partial charge in [0.05, 0.1) is 13.2 Å². The molecule has 0 aliphatic heterocycles. The van der Waals surface area contributed by atoms with Gasteiger partial charge in [0.2, 0.25) is 5.91 Å². The highest BCUT2D eigenvalue weighted by atomic mass is 16.5. The van der Waals surface area contributed by atoms with Gasteiger partial charge in [0.1, 0.15) is 0 Å². The van der Waals surface area contributed by atoms with E-state index in [-0.39, 0.29) is 17.9 Å². The molecule has 0 fully saturated rings. The Labute approximate surface area is 96.9 Å². The van der Waals surface area contributed by atoms with Crippen molar-refractivity contribution in [2.24, 2.45) is 0 Å². The molecule has 0 aliphatic rings. The Kier molecular flexibility index (Phi) is 8.52. The van der Waals surface area contributed by atoms with E-state index in [9.17, 15) is 9.59 Å². The zero-order chi connectivity index (χ0) is 12.4. The fourth-order valence-corrected chi connectivity index (χ4v) is 1.15. The Balaban J connectivity index is 3.52. The minimum Gasteiger partial charge on any atom is -0.469 e. The second-order valence-corrected chi connectivity index (χ2v) is 3.65. The molecular formula is C11H22N2O3. The van der Waals surface area contributed by atoms with Crippen LogP contribution in [0, 0.1) is 0 Å². The third-order valence-electron chi connectivity index (χ3n) is 2.18. The lowest BCUT2D eigenvalue weighted by molar-refractivity contribution is -0.140. The number of carbonyl (C=O) groups is 2. The summed E-state index contributed by atoms with van der Waals surface area (Å²) in [6.45, 7) is 5.15. The molecule has 0 saturated heterocycles. The molecule has 0 rings (SSSR count). The number of nitrogens with one attached hydrogen (secondary N) is 2. The van der Waals surface area contributed by atoms with Crippen LogP contribution in [0.25, 0.3) is 0 Å². The van der Waals surface area contributed by atoms with Crippen LogP contribution < -0.4 is 10.6 Å². The molecule has 16 heavy (non-hydrogen) atoms. The van der Waals surface area contributed by atoms with Crippen LogP contribution in [0.1, 0.15) is 33.1 Å². The van der Waals surface area contributed by atoms with Gasteiger partial charge >= 0.3 is 5.97 Å². The van der Waals surface area contributed by atoms with Crippen molar-refractivity contribution < 1.29 is 14.3 Å². The van der Waals surface area contributed by atoms with Gasteiger partial charge < -0.3 is 15.4 Å². The zero-order valence-electron chi connectivity index (χ0n) is 10.3. The summed E-state index contributed by atoms with van der Waals surface area (Å²) in [6.07, 6.45) is 1.99. The second-order valence-electron chi connectivity index (χ2n) is 3.65. The molecule has 0 aromatic rings. The van der Waals surface area contributed by atoms with Crippen molar-refractivity contribution in [3.63, 3.8) is 0 Å². The molecule has 1 unspecified atom stereocenters. The van der Waals surface area contributed by atoms with Crippen LogP contribution >= 0.6 is 0 Å². The topological polar surface area (TPSA) is 67.4 Å². The maximum absolute atomic E-state index is 11.4. The fourth-order valence-electron chi connectivity index (χ4n) is 1.15. The minimum absolute atomic E-state index is 0.0000759. The van der Waals surface area contributed by atoms with Crippen LogP contribution in [0.15, 0.2) is 0 Å². The Morgan fingerprint density at radius 1 is 1.31 bits per heavy atom. The largest absolute Gasteiger partial charge is 0.469 e. The maximum Gasteiger partial charge on any atom is 0.305 e. The van der Waals surface area contributed by atoms with Crippen molar-refractivity contribution in [3.05, 3.63) is 0 Å². The van der Waals surface area contributed by atoms with Crippen LogP contribution in [0.3, 0.4) is 0 Å². The zero-order valence-corrected chi connectivity index (χ0v) is 10.3. The molecular weight excluding hydrogens is 208 g/mol. The standard InChI is InChI=1S/C11H22N2O3/c1-4-7-13-11(15)9(2)12-8-5-6-10(14)16-3/h9,12H,4-8H2,1-3H3,(H,13,15). The van der Waals surface area contributed by atoms with Crippen LogP contribution in [-0.4, -0.2) is 38.1 Å². The lowest BCUT2D eigenvalue weighted by atomic mass is 10.2. The first-order chi connectivity index (χ1) is 7.61. The van der Waals surface area contributed by atoms with E-state index < -0.39 is 0 Å². The summed E-state index contributed by atoms with van der Waals surface area (Å²) in [5, 5.41) is 5.85. The summed E-state index contributed by atoms with van der Waals surface area (Å²) < 4.78 is 4.51. The monoisotopic (exact) mass is 230 g/mol. The number of methoxy groups -OCH3 is 1. The summed E-state index contributed by atoms with van der Waals surface area (Å²) in [5.74, 6) is -0.218. The van der Waals surface area contributed by atoms with Gasteiger partial charge in [0.15, 0.2) is 0 Å². The predicted octanol–water partition coefficient (Wildman–Crippen LogP) is 0.444. The molecule has 5 nitrogen and oxygen atoms in total. The number of esters is 1. The van der Waals surface area contributed by atoms with E-state index in [0.717, 1.165) is 6.42 Å². The molecule has 0 saturated carbocycles. The first-order valence-electron chi connectivity index (χ1n) is 5.69. The van der Waals surface area contributed by atoms with Crippen molar-refractivity contribution in [2.45, 2.75) is 39.2 Å². The number of hydrogen-bond acceptors (Lipinski definition) is 4. The van der Waals surface area contributed by atoms with Crippen molar-refractivity contribution in [1.29, 1.82) is 0 Å². The normalized spacial score (nSPS) is 11.9. The number of carbonyl (C=O) groups excluding carboxylic acids is 2. The van der Waals surface area contributed by atoms with Gasteiger partial charge in [-0.25, -0.2) is 0 Å². The molecule has 94 valence electrons. The van der Waals surface area contributed by atoms with Crippen LogP contribution in [-0.2, 0) is 14.3 Å². The van der Waals surface area contributed by atoms with Crippen LogP contribution in [0.2, 0.25) is 0 Å². The van der Waals surface area contributed by atoms with Gasteiger partial charge in [-0.05, 0) is 26.3 Å². The van der Waals surface area contributed by atoms with E-state index in [2.05, 4.69) is 15.4 Å². The SMILES string of the molecule is CCCNC(=O)C(C)NCCCC(=O)OC. The minimum atomic E-state index is -0.218. The fraction of sp³-hybridized carbons (Fsp3) is 0.818. The van der Waals surface area contributed by atoms with E-state index in [1.54, 1.807) is 0 Å². The van der Waals surface area contributed by atoms with Gasteiger partial charge in [-0.2, -0.15) is 0 Å². The molecule has 0 heterocycles. The highest BCUT2D eigenvalue weighted by Crippen LogP contribution is 1.91. The van der Waals surface area contributed by atoms with Gasteiger partial charge in [-0.15, -0.1) is 0 Å². The molecule has 0 aromatic carbocycles. The van der Waals surface area contributed by atoms with Crippen molar-refractivity contribution in [3.8, 4) is 0 Å². The summed E-state index contributed by atoms with van der Waals surface area (Å²) >= 11 is 0. The lowest BCUT2D eigenvalue weighted by Crippen LogP contribution is -2.42. The molecule has 1 amide bonds. The summed E-state index contributed by atoms with van der Waals surface area (Å²) in [7, 11) is 1.37. The molecule has 5 heteroatoms. The predicted molar refractivity (Wildman–Crippen MR) is 62.0 cm³/mol. The second kappa shape index (κ2) is 9.15. The average Bonchev–Trinajstić information content (AvgIpc) is 2.30. The quantitative estimate of drug-likeness (QED) is 0.469. The molecule has 2 N–H and O–H groups in total. The number of amides is 1. The van der Waals surface area contributed by atoms with E-state index in [4.69, 9.17) is 0 Å². The Hall–Kier alpha value is -1.10. The maximum atomic E-state index is 11.4. The molecule has 0 bridgehead atoms. The highest BCUT2D eigenvalue weighted by Gasteiger charge is 2.10. The summed E-state index contributed by atoms with van der Waals surface area (Å²) in [5.41, 5.74) is 0. The van der Waals surface area contributed by atoms with Crippen LogP contribution in [0.5, 0.6) is 0 Å². The number of ether oxygens (including phenoxy) is 1. The first kappa shape index (κ1) is 14.9. The number of hydrogen-bond donors (Lipinski definition) is 2. The highest BCUT2D eigenvalue weighted by molar-refractivity contribution is 5.81. The Bertz CT molecular complexity index is 219. The molecule has 0 spiro atoms. The average molecular weight is 230 g/mol. The lowest BCUT2D eigenvalue weighted by Gasteiger charge is -2.13. The molecule has 1 atom stereocenters. The van der Waals surface area contributed by atoms with Crippen LogP contribution in [0.4, 0.5) is 0 Å². The third kappa shape index (κ3) is 7.23. The summed E-state index contributed by atoms with van der Waals surface area (Å²) in [4.78, 5) is 22.2. The third-order valence-corrected chi connectivity index (χ3v) is 2.18. The molecule has 0 aliphatic carbocycles. The summed E-state index contributed by atoms with van der Waals surface area (Å²) in [6, 6.07) is -0.218. The van der Waals surface area contributed by atoms with Gasteiger partial charge in [0.25, 0.3) is 0 Å². The Morgan fingerprint density at radius 3 is 2.56 bits per heavy atom. The van der Waals surface area contributed by atoms with Crippen molar-refractivity contribution in [2.75, 3.05) is 20.2 Å². The van der Waals surface area contributed by atoms with Gasteiger partial charge in [-0.1, -0.05) is 6.92 Å². The van der Waals surface area contributed by atoms with Gasteiger partial charge in [-0.3, -0.25) is 9.59 Å². The van der Waals surface area contributed by atoms with E-state index in [1.807, 2.05) is 13.8 Å². The molecule has 0 aromatic heterocycles. The first-order valence-corrected chi connectivity index (χ1v) is 5.69. The van der Waals surface area contributed by atoms with Gasteiger partial charge in [0, 0.05) is 13.0 Å². The van der Waals surface area contributed by atoms with E-state index >= 15 is 0 Å². The van der Waals surface area contributed by atoms with E-state index in [1.165, 1.54) is 7.11 Å². The smallest absolute Gasteiger partial charge is 0.305 e. The van der Waals surface area contributed by atoms with E-state index in [0.29, 0.717) is 25.9 Å². The van der Waals surface area contributed by atoms with Crippen molar-refractivity contribution in [1.82, 2.24) is 10.6 Å².